The lowest BCUT2D eigenvalue weighted by Crippen LogP contribution is -2.07. The number of imidazole rings is 1. The molecule has 1 aromatic carbocycles. The van der Waals surface area contributed by atoms with Crippen LogP contribution >= 0.6 is 15.9 Å². The van der Waals surface area contributed by atoms with Gasteiger partial charge in [0.2, 0.25) is 0 Å². The summed E-state index contributed by atoms with van der Waals surface area (Å²) in [5, 5.41) is 9.24. The largest absolute Gasteiger partial charge is 0.300 e. The molecule has 0 radical (unpaired) electrons. The summed E-state index contributed by atoms with van der Waals surface area (Å²) in [7, 11) is 1.96. The van der Waals surface area contributed by atoms with E-state index < -0.39 is 0 Å². The molecule has 8 heteroatoms. The van der Waals surface area contributed by atoms with Gasteiger partial charge < -0.3 is 4.57 Å². The van der Waals surface area contributed by atoms with Gasteiger partial charge in [0.15, 0.2) is 11.6 Å². The molecule has 136 valence electrons. The van der Waals surface area contributed by atoms with Gasteiger partial charge in [0.05, 0.1) is 42.1 Å². The van der Waals surface area contributed by atoms with Gasteiger partial charge in [-0.05, 0) is 38.1 Å². The second-order valence-corrected chi connectivity index (χ2v) is 7.81. The van der Waals surface area contributed by atoms with Gasteiger partial charge >= 0.3 is 0 Å². The highest BCUT2D eigenvalue weighted by Gasteiger charge is 2.24. The molecule has 0 atom stereocenters. The molecule has 0 aliphatic carbocycles. The summed E-state index contributed by atoms with van der Waals surface area (Å²) in [6, 6.07) is 8.32. The number of fused-ring (bicyclic) bond motifs is 5. The zero-order chi connectivity index (χ0) is 18.7. The molecule has 0 fully saturated rings. The van der Waals surface area contributed by atoms with Crippen LogP contribution in [0.1, 0.15) is 28.6 Å². The van der Waals surface area contributed by atoms with E-state index in [9.17, 15) is 0 Å². The molecule has 0 saturated heterocycles. The Morgan fingerprint density at radius 1 is 1.15 bits per heavy atom. The lowest BCUT2D eigenvalue weighted by atomic mass is 10.1. The Morgan fingerprint density at radius 2 is 2.00 bits per heavy atom. The van der Waals surface area contributed by atoms with Crippen LogP contribution in [0.5, 0.6) is 0 Å². The van der Waals surface area contributed by atoms with Crippen molar-refractivity contribution in [3.05, 3.63) is 63.7 Å². The highest BCUT2D eigenvalue weighted by Crippen LogP contribution is 2.33. The first kappa shape index (κ1) is 16.4. The predicted molar refractivity (Wildman–Crippen MR) is 105 cm³/mol. The Kier molecular flexibility index (Phi) is 3.58. The molecule has 4 aromatic rings. The molecular formula is C19H18BrN7. The summed E-state index contributed by atoms with van der Waals surface area (Å²) in [6.07, 6.45) is 2.53. The van der Waals surface area contributed by atoms with Crippen molar-refractivity contribution in [1.82, 2.24) is 34.1 Å². The maximum atomic E-state index is 4.89. The number of hydrogen-bond donors (Lipinski definition) is 0. The molecule has 0 unspecified atom stereocenters. The summed E-state index contributed by atoms with van der Waals surface area (Å²) in [5.74, 6) is 1.67. The number of nitrogens with zero attached hydrogens (tertiary/aromatic N) is 7. The van der Waals surface area contributed by atoms with E-state index in [1.54, 1.807) is 0 Å². The first-order valence-corrected chi connectivity index (χ1v) is 9.55. The Balaban J connectivity index is 1.66. The lowest BCUT2D eigenvalue weighted by molar-refractivity contribution is 0.657. The second kappa shape index (κ2) is 5.88. The average Bonchev–Trinajstić information content (AvgIpc) is 3.25. The van der Waals surface area contributed by atoms with Crippen molar-refractivity contribution in [3.8, 4) is 17.1 Å². The van der Waals surface area contributed by atoms with Gasteiger partial charge in [-0.1, -0.05) is 15.9 Å². The second-order valence-electron chi connectivity index (χ2n) is 6.89. The number of benzene rings is 1. The average molecular weight is 424 g/mol. The maximum Gasteiger partial charge on any atom is 0.160 e. The van der Waals surface area contributed by atoms with Crippen molar-refractivity contribution in [1.29, 1.82) is 0 Å². The Morgan fingerprint density at radius 3 is 2.78 bits per heavy atom. The molecule has 5 rings (SSSR count). The van der Waals surface area contributed by atoms with E-state index in [1.807, 2.05) is 42.7 Å². The minimum atomic E-state index is 0.644. The predicted octanol–water partition coefficient (Wildman–Crippen LogP) is 3.20. The molecule has 0 N–H and O–H groups in total. The van der Waals surface area contributed by atoms with Gasteiger partial charge in [-0.15, -0.1) is 0 Å². The maximum absolute atomic E-state index is 4.89. The molecular weight excluding hydrogens is 406 g/mol. The summed E-state index contributed by atoms with van der Waals surface area (Å²) in [6.45, 7) is 4.67. The van der Waals surface area contributed by atoms with Crippen molar-refractivity contribution in [2.24, 2.45) is 7.05 Å². The monoisotopic (exact) mass is 423 g/mol. The fourth-order valence-electron chi connectivity index (χ4n) is 3.67. The van der Waals surface area contributed by atoms with E-state index in [-0.39, 0.29) is 0 Å². The van der Waals surface area contributed by atoms with Crippen LogP contribution in [0.15, 0.2) is 35.1 Å². The van der Waals surface area contributed by atoms with E-state index in [2.05, 4.69) is 48.8 Å². The molecule has 7 nitrogen and oxygen atoms in total. The summed E-state index contributed by atoms with van der Waals surface area (Å²) >= 11 is 3.59. The Labute approximate surface area is 164 Å². The Bertz CT molecular complexity index is 1180. The SMILES string of the molecule is Cc1cc(Cc2nc3n(n2)Cc2c(C)ncn2-c2ccc(Br)cc2-3)n(C)n1. The van der Waals surface area contributed by atoms with E-state index in [0.717, 1.165) is 50.1 Å². The minimum absolute atomic E-state index is 0.644. The third-order valence-electron chi connectivity index (χ3n) is 4.99. The van der Waals surface area contributed by atoms with Gasteiger partial charge in [0, 0.05) is 22.8 Å². The van der Waals surface area contributed by atoms with E-state index in [4.69, 9.17) is 10.1 Å². The fraction of sp³-hybridized carbons (Fsp3) is 0.263. The van der Waals surface area contributed by atoms with Crippen molar-refractivity contribution < 1.29 is 0 Å². The highest BCUT2D eigenvalue weighted by molar-refractivity contribution is 9.10. The molecule has 1 aliphatic rings. The fourth-order valence-corrected chi connectivity index (χ4v) is 4.03. The van der Waals surface area contributed by atoms with Gasteiger partial charge in [-0.3, -0.25) is 4.68 Å². The standard InChI is InChI=1S/C19H18BrN7/c1-11-6-14(25(3)23-11)8-18-22-19-15-7-13(20)4-5-16(15)26-10-21-12(2)17(26)9-27(19)24-18/h4-7,10H,8-9H2,1-3H3. The molecule has 3 aromatic heterocycles. The zero-order valence-electron chi connectivity index (χ0n) is 15.3. The third-order valence-corrected chi connectivity index (χ3v) is 5.48. The number of aryl methyl sites for hydroxylation is 3. The van der Waals surface area contributed by atoms with Crippen LogP contribution in [0.25, 0.3) is 17.1 Å². The summed E-state index contributed by atoms with van der Waals surface area (Å²) < 4.78 is 7.03. The summed E-state index contributed by atoms with van der Waals surface area (Å²) in [4.78, 5) is 9.39. The van der Waals surface area contributed by atoms with Crippen LogP contribution in [0.3, 0.4) is 0 Å². The van der Waals surface area contributed by atoms with Crippen molar-refractivity contribution in [3.63, 3.8) is 0 Å². The number of halogens is 1. The first-order chi connectivity index (χ1) is 13.0. The lowest BCUT2D eigenvalue weighted by Gasteiger charge is -2.08. The number of hydrogen-bond acceptors (Lipinski definition) is 4. The molecule has 0 bridgehead atoms. The first-order valence-electron chi connectivity index (χ1n) is 8.76. The number of rotatable bonds is 2. The van der Waals surface area contributed by atoms with Crippen LogP contribution in [0.2, 0.25) is 0 Å². The molecule has 0 amide bonds. The number of aromatic nitrogens is 7. The molecule has 0 spiro atoms. The topological polar surface area (TPSA) is 66.3 Å². The third kappa shape index (κ3) is 2.63. The summed E-state index contributed by atoms with van der Waals surface area (Å²) in [5.41, 5.74) is 6.36. The normalized spacial score (nSPS) is 12.4. The molecule has 0 saturated carbocycles. The zero-order valence-corrected chi connectivity index (χ0v) is 16.9. The van der Waals surface area contributed by atoms with Crippen LogP contribution in [0, 0.1) is 13.8 Å². The van der Waals surface area contributed by atoms with Crippen LogP contribution < -0.4 is 0 Å². The van der Waals surface area contributed by atoms with Gasteiger partial charge in [0.1, 0.15) is 0 Å². The van der Waals surface area contributed by atoms with E-state index >= 15 is 0 Å². The van der Waals surface area contributed by atoms with Gasteiger partial charge in [0.25, 0.3) is 0 Å². The van der Waals surface area contributed by atoms with Crippen molar-refractivity contribution >= 4 is 15.9 Å². The highest BCUT2D eigenvalue weighted by atomic mass is 79.9. The van der Waals surface area contributed by atoms with Gasteiger partial charge in [-0.2, -0.15) is 10.2 Å². The minimum Gasteiger partial charge on any atom is -0.300 e. The van der Waals surface area contributed by atoms with Crippen LogP contribution in [0.4, 0.5) is 0 Å². The molecule has 27 heavy (non-hydrogen) atoms. The molecule has 1 aliphatic heterocycles. The van der Waals surface area contributed by atoms with Gasteiger partial charge in [-0.25, -0.2) is 14.6 Å². The van der Waals surface area contributed by atoms with Crippen LogP contribution in [-0.4, -0.2) is 34.1 Å². The van der Waals surface area contributed by atoms with Crippen molar-refractivity contribution in [2.75, 3.05) is 0 Å². The van der Waals surface area contributed by atoms with E-state index in [0.29, 0.717) is 13.0 Å². The quantitative estimate of drug-likeness (QED) is 0.437. The van der Waals surface area contributed by atoms with E-state index in [1.165, 1.54) is 0 Å². The van der Waals surface area contributed by atoms with Crippen molar-refractivity contribution in [2.45, 2.75) is 26.8 Å². The molecule has 4 heterocycles. The smallest absolute Gasteiger partial charge is 0.160 e. The Hall–Kier alpha value is -2.74. The van der Waals surface area contributed by atoms with Crippen LogP contribution in [-0.2, 0) is 20.0 Å².